The van der Waals surface area contributed by atoms with E-state index in [2.05, 4.69) is 16.1 Å². The molecule has 5 heteroatoms. The molecular weight excluding hydrogens is 288 g/mol. The molecule has 1 heterocycles. The summed E-state index contributed by atoms with van der Waals surface area (Å²) in [5, 5.41) is 4.00. The Morgan fingerprint density at radius 2 is 2.24 bits per heavy atom. The summed E-state index contributed by atoms with van der Waals surface area (Å²) in [6, 6.07) is 5.45. The summed E-state index contributed by atoms with van der Waals surface area (Å²) in [7, 11) is 1.37. The van der Waals surface area contributed by atoms with Crippen molar-refractivity contribution in [2.24, 2.45) is 0 Å². The quantitative estimate of drug-likeness (QED) is 0.686. The Morgan fingerprint density at radius 3 is 2.86 bits per heavy atom. The molecule has 0 aromatic heterocycles. The zero-order valence-electron chi connectivity index (χ0n) is 12.1. The van der Waals surface area contributed by atoms with Crippen molar-refractivity contribution < 1.29 is 9.53 Å². The molecule has 0 amide bonds. The minimum absolute atomic E-state index is 0.306. The van der Waals surface area contributed by atoms with Crippen LogP contribution >= 0.6 is 11.6 Å². The first-order valence-electron chi connectivity index (χ1n) is 6.94. The van der Waals surface area contributed by atoms with Gasteiger partial charge in [0.25, 0.3) is 0 Å². The third-order valence-electron chi connectivity index (χ3n) is 3.65. The second-order valence-corrected chi connectivity index (χ2v) is 5.52. The number of carbonyl (C=O) groups is 1. The van der Waals surface area contributed by atoms with Crippen LogP contribution in [-0.4, -0.2) is 43.7 Å². The average Bonchev–Trinajstić information content (AvgIpc) is 2.49. The van der Waals surface area contributed by atoms with Crippen LogP contribution in [0.15, 0.2) is 18.2 Å². The highest BCUT2D eigenvalue weighted by Crippen LogP contribution is 2.24. The summed E-state index contributed by atoms with van der Waals surface area (Å²) < 4.78 is 4.80. The fourth-order valence-electron chi connectivity index (χ4n) is 2.51. The maximum Gasteiger partial charge on any atom is 0.339 e. The van der Waals surface area contributed by atoms with Crippen molar-refractivity contribution in [3.05, 3.63) is 28.8 Å². The van der Waals surface area contributed by atoms with Crippen molar-refractivity contribution in [3.8, 4) is 12.3 Å². The monoisotopic (exact) mass is 306 g/mol. The van der Waals surface area contributed by atoms with Crippen molar-refractivity contribution in [3.63, 3.8) is 0 Å². The van der Waals surface area contributed by atoms with E-state index in [1.807, 2.05) is 0 Å². The Bertz CT molecular complexity index is 546. The summed E-state index contributed by atoms with van der Waals surface area (Å²) >= 11 is 6.02. The zero-order chi connectivity index (χ0) is 15.2. The Hall–Kier alpha value is -1.70. The number of nitrogens with one attached hydrogen (secondary N) is 1. The van der Waals surface area contributed by atoms with Gasteiger partial charge >= 0.3 is 5.97 Å². The minimum atomic E-state index is -0.362. The Balaban J connectivity index is 2.05. The lowest BCUT2D eigenvalue weighted by molar-refractivity contribution is 0.0601. The number of nitrogens with zero attached hydrogens (tertiary/aromatic N) is 1. The first kappa shape index (κ1) is 15.7. The van der Waals surface area contributed by atoms with Gasteiger partial charge in [-0.05, 0) is 31.0 Å². The minimum Gasteiger partial charge on any atom is -0.465 e. The highest BCUT2D eigenvalue weighted by Gasteiger charge is 2.20. The number of carbonyl (C=O) groups excluding carboxylic acids is 1. The smallest absolute Gasteiger partial charge is 0.339 e. The van der Waals surface area contributed by atoms with Crippen molar-refractivity contribution in [1.82, 2.24) is 4.90 Å². The van der Waals surface area contributed by atoms with Crippen LogP contribution in [0.5, 0.6) is 0 Å². The second-order valence-electron chi connectivity index (χ2n) is 5.08. The highest BCUT2D eigenvalue weighted by atomic mass is 35.5. The zero-order valence-corrected chi connectivity index (χ0v) is 12.8. The molecule has 1 fully saturated rings. The number of ether oxygens (including phenoxy) is 1. The van der Waals surface area contributed by atoms with E-state index in [0.29, 0.717) is 23.2 Å². The number of likely N-dealkylation sites (tertiary alicyclic amines) is 1. The van der Waals surface area contributed by atoms with Crippen molar-refractivity contribution in [2.45, 2.75) is 18.9 Å². The normalized spacial score (nSPS) is 16.2. The molecule has 1 N–H and O–H groups in total. The Labute approximate surface area is 130 Å². The Kier molecular flexibility index (Phi) is 5.49. The molecular formula is C16H19ClN2O2. The molecule has 0 spiro atoms. The molecule has 1 aliphatic heterocycles. The lowest BCUT2D eigenvalue weighted by Crippen LogP contribution is -2.39. The molecule has 112 valence electrons. The standard InChI is InChI=1S/C16H19ClN2O2/c1-3-8-19-9-6-13(7-10-19)18-15-11-12(17)4-5-14(15)16(20)21-2/h1,4-5,11,13,18H,6-10H2,2H3. The molecule has 1 aliphatic rings. The predicted octanol–water partition coefficient (Wildman–Crippen LogP) is 2.64. The number of piperidine rings is 1. The molecule has 0 bridgehead atoms. The number of hydrogen-bond donors (Lipinski definition) is 1. The number of benzene rings is 1. The van der Waals surface area contributed by atoms with E-state index in [-0.39, 0.29) is 5.97 Å². The third-order valence-corrected chi connectivity index (χ3v) is 3.88. The van der Waals surface area contributed by atoms with Crippen molar-refractivity contribution in [1.29, 1.82) is 0 Å². The first-order chi connectivity index (χ1) is 10.1. The van der Waals surface area contributed by atoms with Gasteiger partial charge in [0.2, 0.25) is 0 Å². The van der Waals surface area contributed by atoms with Gasteiger partial charge in [0.15, 0.2) is 0 Å². The highest BCUT2D eigenvalue weighted by molar-refractivity contribution is 6.31. The van der Waals surface area contributed by atoms with Crippen LogP contribution in [0, 0.1) is 12.3 Å². The first-order valence-corrected chi connectivity index (χ1v) is 7.32. The van der Waals surface area contributed by atoms with E-state index in [0.717, 1.165) is 31.6 Å². The van der Waals surface area contributed by atoms with E-state index in [1.54, 1.807) is 18.2 Å². The lowest BCUT2D eigenvalue weighted by Gasteiger charge is -2.32. The maximum atomic E-state index is 11.8. The second kappa shape index (κ2) is 7.35. The number of rotatable bonds is 4. The molecule has 4 nitrogen and oxygen atoms in total. The number of esters is 1. The van der Waals surface area contributed by atoms with Crippen LogP contribution in [0.1, 0.15) is 23.2 Å². The van der Waals surface area contributed by atoms with Crippen LogP contribution in [0.3, 0.4) is 0 Å². The maximum absolute atomic E-state index is 11.8. The molecule has 0 unspecified atom stereocenters. The fourth-order valence-corrected chi connectivity index (χ4v) is 2.68. The summed E-state index contributed by atoms with van der Waals surface area (Å²) in [6.45, 7) is 2.60. The topological polar surface area (TPSA) is 41.6 Å². The van der Waals surface area contributed by atoms with Crippen molar-refractivity contribution in [2.75, 3.05) is 32.1 Å². The van der Waals surface area contributed by atoms with Crippen LogP contribution < -0.4 is 5.32 Å². The van der Waals surface area contributed by atoms with Crippen LogP contribution in [0.25, 0.3) is 0 Å². The molecule has 2 rings (SSSR count). The van der Waals surface area contributed by atoms with E-state index in [4.69, 9.17) is 22.8 Å². The van der Waals surface area contributed by atoms with Crippen LogP contribution in [-0.2, 0) is 4.74 Å². The summed E-state index contributed by atoms with van der Waals surface area (Å²) in [5.41, 5.74) is 1.23. The molecule has 21 heavy (non-hydrogen) atoms. The van der Waals surface area contributed by atoms with Crippen LogP contribution in [0.2, 0.25) is 5.02 Å². The largest absolute Gasteiger partial charge is 0.465 e. The van der Waals surface area contributed by atoms with Gasteiger partial charge in [0.05, 0.1) is 24.9 Å². The number of hydrogen-bond acceptors (Lipinski definition) is 4. The van der Waals surface area contributed by atoms with Gasteiger partial charge in [-0.1, -0.05) is 17.5 Å². The average molecular weight is 307 g/mol. The summed E-state index contributed by atoms with van der Waals surface area (Å²) in [6.07, 6.45) is 7.29. The molecule has 1 saturated heterocycles. The van der Waals surface area contributed by atoms with Crippen LogP contribution in [0.4, 0.5) is 5.69 Å². The number of halogens is 1. The van der Waals surface area contributed by atoms with Gasteiger partial charge in [-0.25, -0.2) is 4.79 Å². The molecule has 0 atom stereocenters. The van der Waals surface area contributed by atoms with Gasteiger partial charge in [0, 0.05) is 24.2 Å². The number of methoxy groups -OCH3 is 1. The molecule has 1 aromatic carbocycles. The SMILES string of the molecule is C#CCN1CCC(Nc2cc(Cl)ccc2C(=O)OC)CC1. The van der Waals surface area contributed by atoms with Gasteiger partial charge in [0.1, 0.15) is 0 Å². The lowest BCUT2D eigenvalue weighted by atomic mass is 10.0. The van der Waals surface area contributed by atoms with E-state index in [9.17, 15) is 4.79 Å². The van der Waals surface area contributed by atoms with E-state index in [1.165, 1.54) is 7.11 Å². The molecule has 0 saturated carbocycles. The van der Waals surface area contributed by atoms with Gasteiger partial charge in [-0.15, -0.1) is 6.42 Å². The number of anilines is 1. The van der Waals surface area contributed by atoms with E-state index < -0.39 is 0 Å². The fraction of sp³-hybridized carbons (Fsp3) is 0.438. The number of terminal acetylenes is 1. The van der Waals surface area contributed by atoms with Gasteiger partial charge < -0.3 is 10.1 Å². The van der Waals surface area contributed by atoms with Gasteiger partial charge in [-0.3, -0.25) is 4.90 Å². The van der Waals surface area contributed by atoms with Gasteiger partial charge in [-0.2, -0.15) is 0 Å². The van der Waals surface area contributed by atoms with E-state index >= 15 is 0 Å². The molecule has 1 aromatic rings. The molecule has 0 radical (unpaired) electrons. The van der Waals surface area contributed by atoms with Crippen molar-refractivity contribution >= 4 is 23.3 Å². The summed E-state index contributed by atoms with van der Waals surface area (Å²) in [4.78, 5) is 14.0. The summed E-state index contributed by atoms with van der Waals surface area (Å²) in [5.74, 6) is 2.31. The predicted molar refractivity (Wildman–Crippen MR) is 84.7 cm³/mol. The Morgan fingerprint density at radius 1 is 1.52 bits per heavy atom. The molecule has 0 aliphatic carbocycles. The third kappa shape index (κ3) is 4.13.